The fourth-order valence-corrected chi connectivity index (χ4v) is 4.34. The highest BCUT2D eigenvalue weighted by molar-refractivity contribution is 5.62. The van der Waals surface area contributed by atoms with Gasteiger partial charge in [-0.25, -0.2) is 0 Å². The van der Waals surface area contributed by atoms with E-state index >= 15 is 0 Å². The molecule has 0 saturated carbocycles. The van der Waals surface area contributed by atoms with Crippen LogP contribution in [-0.4, -0.2) is 121 Å². The minimum absolute atomic E-state index is 0.0206. The molecule has 1 aliphatic heterocycles. The molecule has 1 aliphatic rings. The Morgan fingerprint density at radius 2 is 1.33 bits per heavy atom. The number of methoxy groups -OCH3 is 4. The van der Waals surface area contributed by atoms with Crippen LogP contribution < -0.4 is 28.4 Å². The third-order valence-electron chi connectivity index (χ3n) is 6.61. The van der Waals surface area contributed by atoms with Gasteiger partial charge in [-0.05, 0) is 35.4 Å². The maximum atomic E-state index is 11.3. The zero-order chi connectivity index (χ0) is 31.0. The number of ether oxygens (including phenoxy) is 7. The summed E-state index contributed by atoms with van der Waals surface area (Å²) < 4.78 is 38.9. The van der Waals surface area contributed by atoms with Crippen LogP contribution in [0.1, 0.15) is 17.2 Å². The number of hydrogen-bond donors (Lipinski definition) is 7. The maximum absolute atomic E-state index is 11.3. The lowest BCUT2D eigenvalue weighted by Gasteiger charge is -2.39. The number of aliphatic hydroxyl groups excluding tert-OH is 7. The summed E-state index contributed by atoms with van der Waals surface area (Å²) in [6.07, 6.45) is -7.18. The first-order valence-electron chi connectivity index (χ1n) is 12.9. The van der Waals surface area contributed by atoms with Crippen LogP contribution in [0.3, 0.4) is 0 Å². The van der Waals surface area contributed by atoms with E-state index in [1.54, 1.807) is 18.2 Å². The molecule has 1 saturated heterocycles. The molecular weight excluding hydrogens is 560 g/mol. The molecule has 0 radical (unpaired) electrons. The zero-order valence-electron chi connectivity index (χ0n) is 23.6. The molecule has 14 heteroatoms. The second kappa shape index (κ2) is 15.2. The van der Waals surface area contributed by atoms with Crippen LogP contribution in [0.4, 0.5) is 0 Å². The van der Waals surface area contributed by atoms with E-state index in [4.69, 9.17) is 38.3 Å². The Labute approximate surface area is 242 Å². The third-order valence-corrected chi connectivity index (χ3v) is 6.61. The molecule has 2 aromatic rings. The fraction of sp³-hybridized carbons (Fsp3) is 0.500. The second-order valence-corrected chi connectivity index (χ2v) is 9.19. The van der Waals surface area contributed by atoms with Crippen LogP contribution in [0.2, 0.25) is 0 Å². The molecule has 14 nitrogen and oxygen atoms in total. The van der Waals surface area contributed by atoms with Crippen LogP contribution in [0.25, 0.3) is 6.08 Å². The molecule has 0 spiro atoms. The molecule has 7 N–H and O–H groups in total. The van der Waals surface area contributed by atoms with Gasteiger partial charge in [0.25, 0.3) is 0 Å². The van der Waals surface area contributed by atoms with Gasteiger partial charge in [0, 0.05) is 0 Å². The SMILES string of the molecule is COc1cc(C=CCO)cc(OC)c1OC(CO)C(O)c1cc(OC)c(OC2OC(CO)C(O)C(O)C2O)c(OC)c1. The Hall–Kier alpha value is -3.34. The highest BCUT2D eigenvalue weighted by atomic mass is 16.7. The topological polar surface area (TPSA) is 206 Å². The molecule has 0 aromatic heterocycles. The standard InChI is InChI=1S/C28H38O14/c1-36-16-8-14(6-5-7-29)9-17(37-2)26(16)40-20(12-30)22(32)15-10-18(38-3)27(19(11-15)39-4)42-28-25(35)24(34)23(33)21(13-31)41-28/h5-6,8-11,20-25,28-35H,7,12-13H2,1-4H3. The first kappa shape index (κ1) is 33.2. The zero-order valence-corrected chi connectivity index (χ0v) is 23.6. The maximum Gasteiger partial charge on any atom is 0.229 e. The van der Waals surface area contributed by atoms with E-state index in [1.165, 1.54) is 46.6 Å². The molecule has 3 rings (SSSR count). The van der Waals surface area contributed by atoms with E-state index in [0.717, 1.165) is 0 Å². The minimum atomic E-state index is -1.69. The molecule has 1 fully saturated rings. The molecule has 7 unspecified atom stereocenters. The normalized spacial score (nSPS) is 23.7. The van der Waals surface area contributed by atoms with Crippen molar-refractivity contribution in [1.29, 1.82) is 0 Å². The van der Waals surface area contributed by atoms with Crippen LogP contribution >= 0.6 is 0 Å². The van der Waals surface area contributed by atoms with E-state index in [1.807, 2.05) is 0 Å². The first-order valence-corrected chi connectivity index (χ1v) is 12.9. The lowest BCUT2D eigenvalue weighted by atomic mass is 9.99. The quantitative estimate of drug-likeness (QED) is 0.145. The molecule has 1 heterocycles. The Morgan fingerprint density at radius 1 is 0.786 bits per heavy atom. The van der Waals surface area contributed by atoms with Gasteiger partial charge in [-0.3, -0.25) is 0 Å². The molecule has 0 aliphatic carbocycles. The van der Waals surface area contributed by atoms with Gasteiger partial charge in [0.2, 0.25) is 17.8 Å². The molecule has 2 aromatic carbocycles. The number of benzene rings is 2. The summed E-state index contributed by atoms with van der Waals surface area (Å²) in [5.74, 6) is 0.573. The van der Waals surface area contributed by atoms with E-state index < -0.39 is 56.1 Å². The van der Waals surface area contributed by atoms with Crippen molar-refractivity contribution in [1.82, 2.24) is 0 Å². The number of rotatable bonds is 14. The molecule has 234 valence electrons. The summed E-state index contributed by atoms with van der Waals surface area (Å²) in [4.78, 5) is 0. The average Bonchev–Trinajstić information content (AvgIpc) is 3.02. The molecular formula is C28H38O14. The summed E-state index contributed by atoms with van der Waals surface area (Å²) in [6.45, 7) is -1.45. The highest BCUT2D eigenvalue weighted by Gasteiger charge is 2.45. The summed E-state index contributed by atoms with van der Waals surface area (Å²) in [6, 6.07) is 6.02. The minimum Gasteiger partial charge on any atom is -0.493 e. The lowest BCUT2D eigenvalue weighted by molar-refractivity contribution is -0.277. The fourth-order valence-electron chi connectivity index (χ4n) is 4.34. The van der Waals surface area contributed by atoms with Crippen molar-refractivity contribution < 1.29 is 68.9 Å². The Morgan fingerprint density at radius 3 is 1.81 bits per heavy atom. The highest BCUT2D eigenvalue weighted by Crippen LogP contribution is 2.44. The molecule has 0 bridgehead atoms. The van der Waals surface area contributed by atoms with Gasteiger partial charge < -0.3 is 68.9 Å². The van der Waals surface area contributed by atoms with Crippen LogP contribution in [0, 0.1) is 0 Å². The van der Waals surface area contributed by atoms with Crippen molar-refractivity contribution in [3.05, 3.63) is 41.5 Å². The smallest absolute Gasteiger partial charge is 0.229 e. The van der Waals surface area contributed by atoms with Gasteiger partial charge in [0.1, 0.15) is 30.5 Å². The number of hydrogen-bond acceptors (Lipinski definition) is 14. The number of aliphatic hydroxyl groups is 7. The van der Waals surface area contributed by atoms with E-state index in [9.17, 15) is 30.6 Å². The summed E-state index contributed by atoms with van der Waals surface area (Å²) >= 11 is 0. The van der Waals surface area contributed by atoms with Crippen LogP contribution in [-0.2, 0) is 4.74 Å². The van der Waals surface area contributed by atoms with Crippen LogP contribution in [0.5, 0.6) is 34.5 Å². The van der Waals surface area contributed by atoms with Gasteiger partial charge in [0.15, 0.2) is 29.1 Å². The van der Waals surface area contributed by atoms with E-state index in [-0.39, 0.29) is 46.7 Å². The van der Waals surface area contributed by atoms with Crippen LogP contribution in [0.15, 0.2) is 30.3 Å². The molecule has 0 amide bonds. The summed E-state index contributed by atoms with van der Waals surface area (Å²) in [5, 5.41) is 70.5. The predicted molar refractivity (Wildman–Crippen MR) is 146 cm³/mol. The monoisotopic (exact) mass is 598 g/mol. The average molecular weight is 599 g/mol. The van der Waals surface area contributed by atoms with Crippen molar-refractivity contribution in [2.24, 2.45) is 0 Å². The Balaban J connectivity index is 1.94. The Bertz CT molecular complexity index is 1140. The van der Waals surface area contributed by atoms with E-state index in [2.05, 4.69) is 0 Å². The largest absolute Gasteiger partial charge is 0.493 e. The van der Waals surface area contributed by atoms with Gasteiger partial charge in [-0.2, -0.15) is 0 Å². The van der Waals surface area contributed by atoms with Crippen molar-refractivity contribution >= 4 is 6.08 Å². The molecule has 42 heavy (non-hydrogen) atoms. The lowest BCUT2D eigenvalue weighted by Crippen LogP contribution is -2.60. The van der Waals surface area contributed by atoms with E-state index in [0.29, 0.717) is 5.56 Å². The third kappa shape index (κ3) is 7.17. The van der Waals surface area contributed by atoms with Gasteiger partial charge in [-0.1, -0.05) is 12.2 Å². The van der Waals surface area contributed by atoms with Crippen molar-refractivity contribution in [2.45, 2.75) is 42.9 Å². The van der Waals surface area contributed by atoms with Crippen molar-refractivity contribution in [3.63, 3.8) is 0 Å². The predicted octanol–water partition coefficient (Wildman–Crippen LogP) is -0.621. The van der Waals surface area contributed by atoms with Crippen molar-refractivity contribution in [2.75, 3.05) is 48.3 Å². The molecule has 7 atom stereocenters. The van der Waals surface area contributed by atoms with Crippen molar-refractivity contribution in [3.8, 4) is 34.5 Å². The Kier molecular flexibility index (Phi) is 12.0. The summed E-state index contributed by atoms with van der Waals surface area (Å²) in [7, 11) is 5.45. The van der Waals surface area contributed by atoms with Gasteiger partial charge in [0.05, 0.1) is 48.3 Å². The van der Waals surface area contributed by atoms with Gasteiger partial charge >= 0.3 is 0 Å². The summed E-state index contributed by atoms with van der Waals surface area (Å²) in [5.41, 5.74) is 0.833. The van der Waals surface area contributed by atoms with Gasteiger partial charge in [-0.15, -0.1) is 0 Å². The first-order chi connectivity index (χ1) is 20.2. The second-order valence-electron chi connectivity index (χ2n) is 9.19.